The van der Waals surface area contributed by atoms with Crippen LogP contribution in [0, 0.1) is 0 Å². The number of esters is 4. The molecule has 0 rings (SSSR count). The van der Waals surface area contributed by atoms with Gasteiger partial charge in [-0.3, -0.25) is 37.3 Å². The van der Waals surface area contributed by atoms with Crippen LogP contribution in [0.25, 0.3) is 0 Å². The number of hydrogen-bond acceptors (Lipinski definition) is 15. The van der Waals surface area contributed by atoms with Crippen molar-refractivity contribution in [2.24, 2.45) is 0 Å². The lowest BCUT2D eigenvalue weighted by Gasteiger charge is -2.21. The van der Waals surface area contributed by atoms with Crippen LogP contribution >= 0.6 is 15.6 Å². The average molecular weight is 1390 g/mol. The van der Waals surface area contributed by atoms with E-state index in [2.05, 4.69) is 125 Å². The van der Waals surface area contributed by atoms with E-state index in [0.29, 0.717) is 25.7 Å². The zero-order valence-corrected chi connectivity index (χ0v) is 62.1. The molecule has 0 aromatic carbocycles. The standard InChI is InChI=1S/C77H134O17P2/c1-5-9-13-17-21-25-29-33-35-39-42-46-50-54-58-62-75(80)88-68-73(94-77(82)64-60-56-52-48-44-40-36-34-30-26-22-18-14-10-6-2)70-92-96(85,86)90-66-71(78)65-89-95(83,84)91-69-72(93-76(81)63-59-55-51-47-43-38-32-28-24-20-16-12-8-4)67-87-74(79)61-57-53-49-45-41-37-31-27-23-19-15-11-7-3/h9,13,15,19,21-22,25-28,31-36,71-73,78H,5-8,10-12,14,16-18,20,23-24,29-30,37-70H2,1-4H3,(H,83,84)(H,85,86)/b13-9-,19-15-,25-21-,26-22-,31-27-,32-28-,35-33-,36-34-. The number of carbonyl (C=O) groups is 4. The molecular formula is C77H134O17P2. The first-order valence-corrected chi connectivity index (χ1v) is 40.5. The molecule has 0 saturated carbocycles. The number of carbonyl (C=O) groups excluding carboxylic acids is 4. The smallest absolute Gasteiger partial charge is 0.462 e. The Hall–Kier alpha value is -4.02. The Morgan fingerprint density at radius 2 is 0.562 bits per heavy atom. The van der Waals surface area contributed by atoms with Gasteiger partial charge in [0.1, 0.15) is 19.3 Å². The highest BCUT2D eigenvalue weighted by Crippen LogP contribution is 2.45. The van der Waals surface area contributed by atoms with Crippen LogP contribution in [0.1, 0.15) is 310 Å². The molecule has 0 amide bonds. The molecule has 0 spiro atoms. The Kier molecular flexibility index (Phi) is 66.6. The summed E-state index contributed by atoms with van der Waals surface area (Å²) in [4.78, 5) is 72.8. The maximum absolute atomic E-state index is 13.1. The summed E-state index contributed by atoms with van der Waals surface area (Å²) in [6.07, 6.45) is 71.1. The second-order valence-electron chi connectivity index (χ2n) is 24.8. The quantitative estimate of drug-likeness (QED) is 0.0169. The van der Waals surface area contributed by atoms with Crippen molar-refractivity contribution in [3.63, 3.8) is 0 Å². The summed E-state index contributed by atoms with van der Waals surface area (Å²) < 4.78 is 68.4. The van der Waals surface area contributed by atoms with Gasteiger partial charge in [0.25, 0.3) is 0 Å². The van der Waals surface area contributed by atoms with E-state index < -0.39 is 97.5 Å². The Bertz CT molecular complexity index is 2200. The highest BCUT2D eigenvalue weighted by atomic mass is 31.2. The maximum Gasteiger partial charge on any atom is 0.472 e. The van der Waals surface area contributed by atoms with Gasteiger partial charge in [-0.15, -0.1) is 0 Å². The van der Waals surface area contributed by atoms with Crippen LogP contribution in [-0.2, 0) is 65.4 Å². The zero-order chi connectivity index (χ0) is 70.4. The van der Waals surface area contributed by atoms with Crippen molar-refractivity contribution in [1.29, 1.82) is 0 Å². The third-order valence-electron chi connectivity index (χ3n) is 15.5. The molecule has 0 aromatic rings. The van der Waals surface area contributed by atoms with Crippen LogP contribution in [0.5, 0.6) is 0 Å². The molecule has 19 heteroatoms. The van der Waals surface area contributed by atoms with Crippen LogP contribution in [-0.4, -0.2) is 96.7 Å². The number of aliphatic hydroxyl groups excluding tert-OH is 1. The molecule has 0 saturated heterocycles. The lowest BCUT2D eigenvalue weighted by Crippen LogP contribution is -2.30. The summed E-state index contributed by atoms with van der Waals surface area (Å²) in [6, 6.07) is 0. The van der Waals surface area contributed by atoms with Crippen molar-refractivity contribution in [3.05, 3.63) is 97.2 Å². The zero-order valence-electron chi connectivity index (χ0n) is 60.3. The lowest BCUT2D eigenvalue weighted by molar-refractivity contribution is -0.161. The van der Waals surface area contributed by atoms with E-state index in [9.17, 15) is 43.2 Å². The number of aliphatic hydroxyl groups is 1. The minimum atomic E-state index is -4.98. The molecule has 0 aliphatic rings. The van der Waals surface area contributed by atoms with Gasteiger partial charge in [-0.2, -0.15) is 0 Å². The van der Waals surface area contributed by atoms with Crippen LogP contribution in [0.15, 0.2) is 97.2 Å². The number of hydrogen-bond donors (Lipinski definition) is 3. The summed E-state index contributed by atoms with van der Waals surface area (Å²) in [5.74, 6) is -2.23. The van der Waals surface area contributed by atoms with Crippen molar-refractivity contribution < 1.29 is 80.2 Å². The minimum absolute atomic E-state index is 0.0745. The molecule has 17 nitrogen and oxygen atoms in total. The Labute approximate surface area is 582 Å². The van der Waals surface area contributed by atoms with Gasteiger partial charge in [0.05, 0.1) is 26.4 Å². The molecule has 5 atom stereocenters. The largest absolute Gasteiger partial charge is 0.472 e. The molecule has 5 unspecified atom stereocenters. The van der Waals surface area contributed by atoms with Crippen molar-refractivity contribution >= 4 is 39.5 Å². The number of phosphoric ester groups is 2. The molecule has 3 N–H and O–H groups in total. The number of allylic oxidation sites excluding steroid dienone is 16. The SMILES string of the molecule is CC/C=C\C/C=C\C/C=C\CCCCCCCC(=O)OCC(COP(=O)(O)OCC(O)COP(=O)(O)OCC(COC(=O)CCCCCCC/C=C\C/C=C\CCC)OC(=O)CCCCCCC/C=C\CCCCCC)OC(=O)CCCCCCC/C=C\C/C=C\CCCCC. The van der Waals surface area contributed by atoms with E-state index in [-0.39, 0.29) is 25.7 Å². The van der Waals surface area contributed by atoms with Crippen LogP contribution < -0.4 is 0 Å². The molecule has 0 aromatic heterocycles. The monoisotopic (exact) mass is 1390 g/mol. The summed E-state index contributed by atoms with van der Waals surface area (Å²) >= 11 is 0. The predicted molar refractivity (Wildman–Crippen MR) is 390 cm³/mol. The van der Waals surface area contributed by atoms with E-state index >= 15 is 0 Å². The summed E-state index contributed by atoms with van der Waals surface area (Å²) in [6.45, 7) is 4.60. The van der Waals surface area contributed by atoms with Gasteiger partial charge in [-0.25, -0.2) is 9.13 Å². The third-order valence-corrected chi connectivity index (χ3v) is 17.4. The minimum Gasteiger partial charge on any atom is -0.462 e. The first-order valence-electron chi connectivity index (χ1n) is 37.5. The molecule has 554 valence electrons. The normalized spacial score (nSPS) is 14.5. The second kappa shape index (κ2) is 69.5. The number of rotatable bonds is 70. The van der Waals surface area contributed by atoms with E-state index in [4.69, 9.17) is 37.0 Å². The summed E-state index contributed by atoms with van der Waals surface area (Å²) in [5, 5.41) is 10.6. The molecular weight excluding hydrogens is 1260 g/mol. The molecule has 0 radical (unpaired) electrons. The number of ether oxygens (including phenoxy) is 4. The lowest BCUT2D eigenvalue weighted by atomic mass is 10.1. The van der Waals surface area contributed by atoms with Gasteiger partial charge in [0, 0.05) is 25.7 Å². The number of unbranched alkanes of at least 4 members (excludes halogenated alkanes) is 28. The van der Waals surface area contributed by atoms with Gasteiger partial charge in [-0.1, -0.05) is 240 Å². The maximum atomic E-state index is 13.1. The fourth-order valence-corrected chi connectivity index (χ4v) is 11.3. The highest BCUT2D eigenvalue weighted by Gasteiger charge is 2.30. The van der Waals surface area contributed by atoms with Crippen LogP contribution in [0.3, 0.4) is 0 Å². The van der Waals surface area contributed by atoms with Crippen molar-refractivity contribution in [2.75, 3.05) is 39.6 Å². The Morgan fingerprint density at radius 3 is 0.906 bits per heavy atom. The average Bonchev–Trinajstić information content (AvgIpc) is 1.36. The van der Waals surface area contributed by atoms with Gasteiger partial charge >= 0.3 is 39.5 Å². The Morgan fingerprint density at radius 1 is 0.302 bits per heavy atom. The molecule has 0 heterocycles. The van der Waals surface area contributed by atoms with E-state index in [0.717, 1.165) is 186 Å². The van der Waals surface area contributed by atoms with Crippen LogP contribution in [0.2, 0.25) is 0 Å². The molecule has 0 aliphatic heterocycles. The van der Waals surface area contributed by atoms with Crippen molar-refractivity contribution in [3.8, 4) is 0 Å². The predicted octanol–water partition coefficient (Wildman–Crippen LogP) is 21.2. The molecule has 0 aliphatic carbocycles. The summed E-state index contributed by atoms with van der Waals surface area (Å²) in [7, 11) is -9.96. The molecule has 0 bridgehead atoms. The van der Waals surface area contributed by atoms with Crippen LogP contribution in [0.4, 0.5) is 0 Å². The van der Waals surface area contributed by atoms with Crippen molar-refractivity contribution in [1.82, 2.24) is 0 Å². The van der Waals surface area contributed by atoms with Gasteiger partial charge in [-0.05, 0) is 141 Å². The van der Waals surface area contributed by atoms with Crippen molar-refractivity contribution in [2.45, 2.75) is 329 Å². The molecule has 96 heavy (non-hydrogen) atoms. The van der Waals surface area contributed by atoms with Gasteiger partial charge in [0.2, 0.25) is 0 Å². The first-order chi connectivity index (χ1) is 46.7. The first kappa shape index (κ1) is 92.0. The van der Waals surface area contributed by atoms with E-state index in [1.165, 1.54) is 44.9 Å². The third kappa shape index (κ3) is 68.5. The van der Waals surface area contributed by atoms with Gasteiger partial charge in [0.15, 0.2) is 12.2 Å². The highest BCUT2D eigenvalue weighted by molar-refractivity contribution is 7.47. The van der Waals surface area contributed by atoms with E-state index in [1.807, 2.05) is 0 Å². The molecule has 0 fully saturated rings. The fourth-order valence-electron chi connectivity index (χ4n) is 9.77. The van der Waals surface area contributed by atoms with E-state index in [1.54, 1.807) is 0 Å². The number of phosphoric acid groups is 2. The van der Waals surface area contributed by atoms with Gasteiger partial charge < -0.3 is 33.8 Å². The fraction of sp³-hybridized carbons (Fsp3) is 0.740. The summed E-state index contributed by atoms with van der Waals surface area (Å²) in [5.41, 5.74) is 0. The second-order valence-corrected chi connectivity index (χ2v) is 27.8. The topological polar surface area (TPSA) is 237 Å². The Balaban J connectivity index is 5.37.